The minimum atomic E-state index is -3.68. The Balaban J connectivity index is 1.28. The number of ether oxygens (including phenoxy) is 1. The molecular formula is C28H37N7O3S. The number of hydrogen-bond acceptors (Lipinski definition) is 9. The molecule has 39 heavy (non-hydrogen) atoms. The molecule has 2 aliphatic rings. The highest BCUT2D eigenvalue weighted by Crippen LogP contribution is 2.31. The van der Waals surface area contributed by atoms with Crippen molar-refractivity contribution in [3.05, 3.63) is 54.2 Å². The van der Waals surface area contributed by atoms with E-state index >= 15 is 0 Å². The Kier molecular flexibility index (Phi) is 7.92. The van der Waals surface area contributed by atoms with Gasteiger partial charge >= 0.3 is 0 Å². The third kappa shape index (κ3) is 7.17. The first kappa shape index (κ1) is 27.2. The fraction of sp³-hybridized carbons (Fsp3) is 0.429. The highest BCUT2D eigenvalue weighted by atomic mass is 32.2. The zero-order chi connectivity index (χ0) is 27.5. The average Bonchev–Trinajstić information content (AvgIpc) is 3.38. The standard InChI is InChI=1S/C28H37N7O3S/c1-28(2,3)34-39(36,37)23-11-6-20-12-13-29-25-19-30-27(33-26(25)32-24(20)18-23)31-21-7-9-22(10-8-21)38-17-16-35-14-4-5-15-35/h6-11,18-19,29,34H,4-5,12-17H2,1-3H3,(H2,30,31,32,33). The summed E-state index contributed by atoms with van der Waals surface area (Å²) in [5.74, 6) is 1.81. The predicted molar refractivity (Wildman–Crippen MR) is 155 cm³/mol. The molecule has 5 rings (SSSR count). The number of nitrogens with one attached hydrogen (secondary N) is 4. The molecule has 3 aromatic rings. The van der Waals surface area contributed by atoms with Gasteiger partial charge in [-0.1, -0.05) is 6.07 Å². The van der Waals surface area contributed by atoms with Crippen LogP contribution < -0.4 is 25.4 Å². The largest absolute Gasteiger partial charge is 0.492 e. The first-order chi connectivity index (χ1) is 18.6. The summed E-state index contributed by atoms with van der Waals surface area (Å²) in [4.78, 5) is 11.8. The molecule has 1 fully saturated rings. The van der Waals surface area contributed by atoms with Crippen LogP contribution in [0.15, 0.2) is 53.6 Å². The summed E-state index contributed by atoms with van der Waals surface area (Å²) in [6, 6.07) is 12.9. The molecule has 0 spiro atoms. The fourth-order valence-electron chi connectivity index (χ4n) is 4.71. The fourth-order valence-corrected chi connectivity index (χ4v) is 6.15. The lowest BCUT2D eigenvalue weighted by Crippen LogP contribution is -2.40. The van der Waals surface area contributed by atoms with Gasteiger partial charge in [-0.25, -0.2) is 18.1 Å². The molecule has 0 bridgehead atoms. The highest BCUT2D eigenvalue weighted by molar-refractivity contribution is 7.89. The predicted octanol–water partition coefficient (Wildman–Crippen LogP) is 4.48. The van der Waals surface area contributed by atoms with Gasteiger partial charge in [0, 0.05) is 30.0 Å². The normalized spacial score (nSPS) is 15.8. The van der Waals surface area contributed by atoms with E-state index in [9.17, 15) is 8.42 Å². The van der Waals surface area contributed by atoms with E-state index in [4.69, 9.17) is 4.74 Å². The maximum Gasteiger partial charge on any atom is 0.241 e. The second kappa shape index (κ2) is 11.4. The molecule has 0 amide bonds. The Hall–Kier alpha value is -3.41. The van der Waals surface area contributed by atoms with Crippen LogP contribution in [-0.4, -0.2) is 61.6 Å². The minimum absolute atomic E-state index is 0.203. The summed E-state index contributed by atoms with van der Waals surface area (Å²) in [6.07, 6.45) is 5.00. The SMILES string of the molecule is CC(C)(C)NS(=O)(=O)c1ccc2c(c1)Nc1nc(Nc3ccc(OCCN4CCCC4)cc3)ncc1NCC2. The van der Waals surface area contributed by atoms with E-state index in [2.05, 4.69) is 35.5 Å². The monoisotopic (exact) mass is 551 g/mol. The van der Waals surface area contributed by atoms with Crippen molar-refractivity contribution in [3.63, 3.8) is 0 Å². The second-order valence-corrected chi connectivity index (χ2v) is 12.7. The Morgan fingerprint density at radius 2 is 1.82 bits per heavy atom. The molecule has 0 aliphatic carbocycles. The van der Waals surface area contributed by atoms with Crippen molar-refractivity contribution in [2.75, 3.05) is 48.7 Å². The molecule has 0 saturated carbocycles. The van der Waals surface area contributed by atoms with Gasteiger partial charge in [0.15, 0.2) is 5.82 Å². The molecule has 0 unspecified atom stereocenters. The van der Waals surface area contributed by atoms with Gasteiger partial charge in [-0.05, 0) is 95.1 Å². The van der Waals surface area contributed by atoms with Crippen molar-refractivity contribution >= 4 is 38.9 Å². The molecular weight excluding hydrogens is 514 g/mol. The van der Waals surface area contributed by atoms with Gasteiger partial charge in [-0.3, -0.25) is 4.90 Å². The van der Waals surface area contributed by atoms with Crippen LogP contribution in [0.2, 0.25) is 0 Å². The molecule has 0 radical (unpaired) electrons. The van der Waals surface area contributed by atoms with Crippen molar-refractivity contribution in [2.24, 2.45) is 0 Å². The third-order valence-corrected chi connectivity index (χ3v) is 8.32. The summed E-state index contributed by atoms with van der Waals surface area (Å²) in [7, 11) is -3.68. The topological polar surface area (TPSA) is 121 Å². The molecule has 10 nitrogen and oxygen atoms in total. The Morgan fingerprint density at radius 3 is 2.56 bits per heavy atom. The molecule has 208 valence electrons. The van der Waals surface area contributed by atoms with Gasteiger partial charge in [0.1, 0.15) is 12.4 Å². The molecule has 2 aliphatic heterocycles. The molecule has 1 saturated heterocycles. The number of benzene rings is 2. The second-order valence-electron chi connectivity index (χ2n) is 11.0. The van der Waals surface area contributed by atoms with Crippen LogP contribution in [-0.2, 0) is 16.4 Å². The van der Waals surface area contributed by atoms with E-state index in [0.29, 0.717) is 30.6 Å². The summed E-state index contributed by atoms with van der Waals surface area (Å²) >= 11 is 0. The summed E-state index contributed by atoms with van der Waals surface area (Å²) < 4.78 is 34.5. The van der Waals surface area contributed by atoms with Crippen molar-refractivity contribution in [1.82, 2.24) is 19.6 Å². The zero-order valence-electron chi connectivity index (χ0n) is 22.8. The first-order valence-electron chi connectivity index (χ1n) is 13.4. The van der Waals surface area contributed by atoms with Crippen LogP contribution >= 0.6 is 0 Å². The van der Waals surface area contributed by atoms with Crippen LogP contribution in [0.25, 0.3) is 0 Å². The lowest BCUT2D eigenvalue weighted by atomic mass is 10.1. The van der Waals surface area contributed by atoms with E-state index in [0.717, 1.165) is 48.7 Å². The molecule has 1 aromatic heterocycles. The van der Waals surface area contributed by atoms with Crippen molar-refractivity contribution < 1.29 is 13.2 Å². The summed E-state index contributed by atoms with van der Waals surface area (Å²) in [5, 5.41) is 9.93. The number of rotatable bonds is 8. The van der Waals surface area contributed by atoms with Crippen molar-refractivity contribution in [1.29, 1.82) is 0 Å². The Labute approximate surface area is 230 Å². The van der Waals surface area contributed by atoms with E-state index in [1.165, 1.54) is 12.8 Å². The van der Waals surface area contributed by atoms with Crippen molar-refractivity contribution in [2.45, 2.75) is 50.5 Å². The quantitative estimate of drug-likeness (QED) is 0.321. The van der Waals surface area contributed by atoms with Gasteiger partial charge in [0.05, 0.1) is 16.8 Å². The molecule has 11 heteroatoms. The first-order valence-corrected chi connectivity index (χ1v) is 14.9. The zero-order valence-corrected chi connectivity index (χ0v) is 23.6. The smallest absolute Gasteiger partial charge is 0.241 e. The number of hydrogen-bond donors (Lipinski definition) is 4. The van der Waals surface area contributed by atoms with Gasteiger partial charge in [-0.15, -0.1) is 0 Å². The van der Waals surface area contributed by atoms with Gasteiger partial charge in [0.2, 0.25) is 16.0 Å². The van der Waals surface area contributed by atoms with Crippen LogP contribution in [0.1, 0.15) is 39.2 Å². The molecule has 3 heterocycles. The Morgan fingerprint density at radius 1 is 1.05 bits per heavy atom. The number of sulfonamides is 1. The van der Waals surface area contributed by atoms with E-state index in [1.807, 2.05) is 51.1 Å². The minimum Gasteiger partial charge on any atom is -0.492 e. The van der Waals surface area contributed by atoms with Crippen LogP contribution in [0.4, 0.5) is 28.8 Å². The lowest BCUT2D eigenvalue weighted by molar-refractivity contribution is 0.238. The maximum absolute atomic E-state index is 12.9. The number of aromatic nitrogens is 2. The third-order valence-electron chi connectivity index (χ3n) is 6.57. The highest BCUT2D eigenvalue weighted by Gasteiger charge is 2.24. The maximum atomic E-state index is 12.9. The summed E-state index contributed by atoms with van der Waals surface area (Å²) in [6.45, 7) is 10.1. The average molecular weight is 552 g/mol. The van der Waals surface area contributed by atoms with Crippen LogP contribution in [0.5, 0.6) is 5.75 Å². The van der Waals surface area contributed by atoms with E-state index < -0.39 is 15.6 Å². The molecule has 2 aromatic carbocycles. The number of fused-ring (bicyclic) bond motifs is 2. The molecule has 4 N–H and O–H groups in total. The van der Waals surface area contributed by atoms with Gasteiger partial charge < -0.3 is 20.7 Å². The van der Waals surface area contributed by atoms with E-state index in [1.54, 1.807) is 18.3 Å². The van der Waals surface area contributed by atoms with Crippen LogP contribution in [0, 0.1) is 0 Å². The van der Waals surface area contributed by atoms with Crippen molar-refractivity contribution in [3.8, 4) is 5.75 Å². The van der Waals surface area contributed by atoms with Crippen LogP contribution in [0.3, 0.4) is 0 Å². The lowest BCUT2D eigenvalue weighted by Gasteiger charge is -2.23. The summed E-state index contributed by atoms with van der Waals surface area (Å²) in [5.41, 5.74) is 2.70. The number of anilines is 5. The van der Waals surface area contributed by atoms with Gasteiger partial charge in [0.25, 0.3) is 0 Å². The number of nitrogens with zero attached hydrogens (tertiary/aromatic N) is 3. The molecule has 0 atom stereocenters. The number of likely N-dealkylation sites (tertiary alicyclic amines) is 1. The van der Waals surface area contributed by atoms with Gasteiger partial charge in [-0.2, -0.15) is 4.98 Å². The van der Waals surface area contributed by atoms with E-state index in [-0.39, 0.29) is 4.90 Å². The Bertz CT molecular complexity index is 1400.